The SMILES string of the molecule is O=C(CCC1CCCO1)NC1CCCC1CBr. The Balaban J connectivity index is 1.65. The predicted octanol–water partition coefficient (Wildman–Crippen LogP) is 2.63. The van der Waals surface area contributed by atoms with Gasteiger partial charge in [-0.1, -0.05) is 22.4 Å². The van der Waals surface area contributed by atoms with E-state index in [-0.39, 0.29) is 5.91 Å². The van der Waals surface area contributed by atoms with E-state index in [9.17, 15) is 4.79 Å². The topological polar surface area (TPSA) is 38.3 Å². The van der Waals surface area contributed by atoms with Crippen molar-refractivity contribution in [3.05, 3.63) is 0 Å². The second-order valence-electron chi connectivity index (χ2n) is 5.19. The summed E-state index contributed by atoms with van der Waals surface area (Å²) in [5.74, 6) is 0.833. The number of halogens is 1. The van der Waals surface area contributed by atoms with Gasteiger partial charge in [-0.3, -0.25) is 4.79 Å². The van der Waals surface area contributed by atoms with Gasteiger partial charge in [-0.15, -0.1) is 0 Å². The Hall–Kier alpha value is -0.0900. The Kier molecular flexibility index (Phi) is 5.29. The minimum atomic E-state index is 0.207. The van der Waals surface area contributed by atoms with Crippen molar-refractivity contribution in [3.8, 4) is 0 Å². The highest BCUT2D eigenvalue weighted by Crippen LogP contribution is 2.27. The fourth-order valence-electron chi connectivity index (χ4n) is 2.85. The summed E-state index contributed by atoms with van der Waals surface area (Å²) in [5, 5.41) is 4.18. The molecule has 0 spiro atoms. The average Bonchev–Trinajstić information content (AvgIpc) is 2.97. The molecule has 98 valence electrons. The van der Waals surface area contributed by atoms with Crippen molar-refractivity contribution in [1.82, 2.24) is 5.32 Å². The van der Waals surface area contributed by atoms with Crippen LogP contribution < -0.4 is 5.32 Å². The van der Waals surface area contributed by atoms with Crippen LogP contribution in [0.15, 0.2) is 0 Å². The number of hydrogen-bond donors (Lipinski definition) is 1. The summed E-state index contributed by atoms with van der Waals surface area (Å²) in [6.07, 6.45) is 7.74. The predicted molar refractivity (Wildman–Crippen MR) is 71.3 cm³/mol. The first kappa shape index (κ1) is 13.3. The van der Waals surface area contributed by atoms with Crippen LogP contribution in [-0.2, 0) is 9.53 Å². The molecule has 3 unspecified atom stereocenters. The van der Waals surface area contributed by atoms with Crippen molar-refractivity contribution in [1.29, 1.82) is 0 Å². The Morgan fingerprint density at radius 3 is 2.88 bits per heavy atom. The first-order chi connectivity index (χ1) is 8.29. The average molecular weight is 304 g/mol. The summed E-state index contributed by atoms with van der Waals surface area (Å²) in [5.41, 5.74) is 0. The molecule has 3 nitrogen and oxygen atoms in total. The lowest BCUT2D eigenvalue weighted by atomic mass is 10.1. The molecule has 3 atom stereocenters. The van der Waals surface area contributed by atoms with Crippen molar-refractivity contribution in [2.45, 2.75) is 57.1 Å². The van der Waals surface area contributed by atoms with Crippen molar-refractivity contribution >= 4 is 21.8 Å². The Morgan fingerprint density at radius 2 is 2.18 bits per heavy atom. The van der Waals surface area contributed by atoms with Crippen LogP contribution in [0.2, 0.25) is 0 Å². The van der Waals surface area contributed by atoms with Gasteiger partial charge in [0, 0.05) is 24.4 Å². The summed E-state index contributed by atoms with van der Waals surface area (Å²) >= 11 is 3.53. The maximum Gasteiger partial charge on any atom is 0.220 e. The number of amides is 1. The first-order valence-corrected chi connectivity index (χ1v) is 7.88. The van der Waals surface area contributed by atoms with Crippen LogP contribution in [0.1, 0.15) is 44.9 Å². The molecule has 0 radical (unpaired) electrons. The van der Waals surface area contributed by atoms with Crippen molar-refractivity contribution < 1.29 is 9.53 Å². The van der Waals surface area contributed by atoms with Gasteiger partial charge >= 0.3 is 0 Å². The molecular weight excluding hydrogens is 282 g/mol. The van der Waals surface area contributed by atoms with E-state index in [1.807, 2.05) is 0 Å². The Morgan fingerprint density at radius 1 is 1.29 bits per heavy atom. The van der Waals surface area contributed by atoms with E-state index in [2.05, 4.69) is 21.2 Å². The summed E-state index contributed by atoms with van der Waals surface area (Å²) in [6.45, 7) is 0.876. The highest BCUT2D eigenvalue weighted by Gasteiger charge is 2.27. The highest BCUT2D eigenvalue weighted by molar-refractivity contribution is 9.09. The number of hydrogen-bond acceptors (Lipinski definition) is 2. The molecule has 0 bridgehead atoms. The zero-order valence-electron chi connectivity index (χ0n) is 10.3. The molecule has 1 N–H and O–H groups in total. The fourth-order valence-corrected chi connectivity index (χ4v) is 3.63. The third-order valence-corrected chi connectivity index (χ3v) is 4.75. The number of carbonyl (C=O) groups is 1. The summed E-state index contributed by atoms with van der Waals surface area (Å²) < 4.78 is 5.53. The minimum Gasteiger partial charge on any atom is -0.378 e. The number of ether oxygens (including phenoxy) is 1. The molecule has 0 aromatic carbocycles. The molecular formula is C13H22BrNO2. The van der Waals surface area contributed by atoms with Crippen LogP contribution in [0.3, 0.4) is 0 Å². The first-order valence-electron chi connectivity index (χ1n) is 6.76. The third kappa shape index (κ3) is 3.95. The summed E-state index contributed by atoms with van der Waals surface area (Å²) in [4.78, 5) is 11.8. The number of rotatable bonds is 5. The van der Waals surface area contributed by atoms with Gasteiger partial charge in [0.1, 0.15) is 0 Å². The van der Waals surface area contributed by atoms with E-state index in [1.54, 1.807) is 0 Å². The van der Waals surface area contributed by atoms with Gasteiger partial charge in [-0.05, 0) is 38.0 Å². The maximum atomic E-state index is 11.8. The molecule has 2 aliphatic rings. The second kappa shape index (κ2) is 6.74. The van der Waals surface area contributed by atoms with E-state index in [4.69, 9.17) is 4.74 Å². The maximum absolute atomic E-state index is 11.8. The zero-order valence-corrected chi connectivity index (χ0v) is 11.9. The molecule has 2 rings (SSSR count). The number of nitrogens with one attached hydrogen (secondary N) is 1. The van der Waals surface area contributed by atoms with Crippen molar-refractivity contribution in [2.75, 3.05) is 11.9 Å². The lowest BCUT2D eigenvalue weighted by Crippen LogP contribution is -2.38. The molecule has 1 saturated carbocycles. The van der Waals surface area contributed by atoms with E-state index in [0.29, 0.717) is 24.5 Å². The van der Waals surface area contributed by atoms with E-state index in [1.165, 1.54) is 12.8 Å². The molecule has 0 aromatic rings. The van der Waals surface area contributed by atoms with Gasteiger partial charge in [0.05, 0.1) is 6.10 Å². The van der Waals surface area contributed by atoms with Gasteiger partial charge < -0.3 is 10.1 Å². The lowest BCUT2D eigenvalue weighted by molar-refractivity contribution is -0.122. The third-order valence-electron chi connectivity index (χ3n) is 3.92. The lowest BCUT2D eigenvalue weighted by Gasteiger charge is -2.19. The van der Waals surface area contributed by atoms with Gasteiger partial charge in [0.15, 0.2) is 0 Å². The zero-order chi connectivity index (χ0) is 12.1. The van der Waals surface area contributed by atoms with Crippen LogP contribution >= 0.6 is 15.9 Å². The van der Waals surface area contributed by atoms with E-state index < -0.39 is 0 Å². The molecule has 0 aromatic heterocycles. The highest BCUT2D eigenvalue weighted by atomic mass is 79.9. The van der Waals surface area contributed by atoms with Crippen molar-refractivity contribution in [3.63, 3.8) is 0 Å². The van der Waals surface area contributed by atoms with Crippen LogP contribution in [0.25, 0.3) is 0 Å². The summed E-state index contributed by atoms with van der Waals surface area (Å²) in [7, 11) is 0. The Labute approximate surface area is 112 Å². The van der Waals surface area contributed by atoms with Gasteiger partial charge in [-0.2, -0.15) is 0 Å². The van der Waals surface area contributed by atoms with Crippen LogP contribution in [-0.4, -0.2) is 30.0 Å². The molecule has 1 aliphatic heterocycles. The van der Waals surface area contributed by atoms with Crippen molar-refractivity contribution in [2.24, 2.45) is 5.92 Å². The summed E-state index contributed by atoms with van der Waals surface area (Å²) in [6, 6.07) is 0.395. The molecule has 1 saturated heterocycles. The number of carbonyl (C=O) groups excluding carboxylic acids is 1. The molecule has 1 aliphatic carbocycles. The van der Waals surface area contributed by atoms with Crippen LogP contribution in [0, 0.1) is 5.92 Å². The second-order valence-corrected chi connectivity index (χ2v) is 5.84. The molecule has 4 heteroatoms. The quantitative estimate of drug-likeness (QED) is 0.793. The molecule has 1 amide bonds. The van der Waals surface area contributed by atoms with Crippen LogP contribution in [0.5, 0.6) is 0 Å². The normalized spacial score (nSPS) is 32.9. The fraction of sp³-hybridized carbons (Fsp3) is 0.923. The van der Waals surface area contributed by atoms with Gasteiger partial charge in [0.2, 0.25) is 5.91 Å². The number of alkyl halides is 1. The Bertz CT molecular complexity index is 254. The smallest absolute Gasteiger partial charge is 0.220 e. The minimum absolute atomic E-state index is 0.207. The van der Waals surface area contributed by atoms with Gasteiger partial charge in [-0.25, -0.2) is 0 Å². The standard InChI is InChI=1S/C13H22BrNO2/c14-9-10-3-1-5-12(10)15-13(16)7-6-11-4-2-8-17-11/h10-12H,1-9H2,(H,15,16). The molecule has 2 fully saturated rings. The molecule has 1 heterocycles. The largest absolute Gasteiger partial charge is 0.378 e. The van der Waals surface area contributed by atoms with Crippen LogP contribution in [0.4, 0.5) is 0 Å². The monoisotopic (exact) mass is 303 g/mol. The molecule has 17 heavy (non-hydrogen) atoms. The van der Waals surface area contributed by atoms with E-state index >= 15 is 0 Å². The van der Waals surface area contributed by atoms with Gasteiger partial charge in [0.25, 0.3) is 0 Å². The van der Waals surface area contributed by atoms with E-state index in [0.717, 1.165) is 37.6 Å².